The molecule has 3 N–H and O–H groups in total. The Morgan fingerprint density at radius 1 is 1.14 bits per heavy atom. The van der Waals surface area contributed by atoms with Gasteiger partial charge in [-0.3, -0.25) is 9.59 Å². The summed E-state index contributed by atoms with van der Waals surface area (Å²) >= 11 is 0. The molecule has 148 valence electrons. The number of rotatable bonds is 6. The fourth-order valence-corrected chi connectivity index (χ4v) is 3.76. The fourth-order valence-electron chi connectivity index (χ4n) is 3.11. The maximum atomic E-state index is 13.9. The van der Waals surface area contributed by atoms with Gasteiger partial charge in [0.05, 0.1) is 17.4 Å². The number of nitrogens with zero attached hydrogens (tertiary/aromatic N) is 1. The lowest BCUT2D eigenvalue weighted by Gasteiger charge is -2.17. The van der Waals surface area contributed by atoms with Crippen molar-refractivity contribution in [1.82, 2.24) is 5.32 Å². The van der Waals surface area contributed by atoms with Crippen LogP contribution in [-0.2, 0) is 31.9 Å². The first-order valence-corrected chi connectivity index (χ1v) is 10.4. The molecule has 3 rings (SSSR count). The molecular weight excluding hydrogens is 385 g/mol. The molecule has 9 heteroatoms. The highest BCUT2D eigenvalue weighted by Gasteiger charge is 2.35. The lowest BCUT2D eigenvalue weighted by Crippen LogP contribution is -2.32. The van der Waals surface area contributed by atoms with Crippen molar-refractivity contribution in [2.75, 3.05) is 11.4 Å². The van der Waals surface area contributed by atoms with E-state index in [0.717, 1.165) is 5.56 Å². The zero-order chi connectivity index (χ0) is 20.3. The van der Waals surface area contributed by atoms with Crippen LogP contribution < -0.4 is 15.4 Å². The van der Waals surface area contributed by atoms with Gasteiger partial charge in [0, 0.05) is 19.5 Å². The minimum Gasteiger partial charge on any atom is -0.352 e. The van der Waals surface area contributed by atoms with Gasteiger partial charge in [-0.05, 0) is 23.3 Å². The molecule has 1 fully saturated rings. The van der Waals surface area contributed by atoms with E-state index in [9.17, 15) is 22.4 Å². The van der Waals surface area contributed by atoms with Crippen molar-refractivity contribution >= 4 is 27.5 Å². The summed E-state index contributed by atoms with van der Waals surface area (Å²) < 4.78 is 36.1. The third kappa shape index (κ3) is 4.93. The van der Waals surface area contributed by atoms with Crippen LogP contribution in [0.25, 0.3) is 0 Å². The van der Waals surface area contributed by atoms with Gasteiger partial charge < -0.3 is 10.2 Å². The molecule has 1 atom stereocenters. The minimum absolute atomic E-state index is 0.0213. The Hall–Kier alpha value is -2.78. The summed E-state index contributed by atoms with van der Waals surface area (Å²) in [5, 5.41) is 7.77. The van der Waals surface area contributed by atoms with E-state index < -0.39 is 21.8 Å². The highest BCUT2D eigenvalue weighted by Crippen LogP contribution is 2.27. The largest absolute Gasteiger partial charge is 0.352 e. The number of nitrogens with one attached hydrogen (secondary N) is 1. The number of halogens is 1. The molecule has 1 heterocycles. The predicted molar refractivity (Wildman–Crippen MR) is 102 cm³/mol. The number of anilines is 1. The van der Waals surface area contributed by atoms with Crippen LogP contribution in [0.15, 0.2) is 48.5 Å². The third-order valence-electron chi connectivity index (χ3n) is 4.50. The Morgan fingerprint density at radius 2 is 1.79 bits per heavy atom. The van der Waals surface area contributed by atoms with Gasteiger partial charge in [-0.15, -0.1) is 0 Å². The van der Waals surface area contributed by atoms with Gasteiger partial charge in [-0.25, -0.2) is 17.9 Å². The summed E-state index contributed by atoms with van der Waals surface area (Å²) in [5.74, 6) is -1.90. The molecule has 0 bridgehead atoms. The average Bonchev–Trinajstić information content (AvgIpc) is 3.02. The molecule has 1 aliphatic heterocycles. The van der Waals surface area contributed by atoms with E-state index in [2.05, 4.69) is 5.32 Å². The molecule has 28 heavy (non-hydrogen) atoms. The van der Waals surface area contributed by atoms with Crippen molar-refractivity contribution in [3.8, 4) is 0 Å². The van der Waals surface area contributed by atoms with Crippen LogP contribution in [-0.4, -0.2) is 26.8 Å². The molecule has 2 aromatic rings. The number of hydrogen-bond acceptors (Lipinski definition) is 4. The molecule has 0 aromatic heterocycles. The van der Waals surface area contributed by atoms with Crippen molar-refractivity contribution in [3.63, 3.8) is 0 Å². The maximum Gasteiger partial charge on any atom is 0.227 e. The zero-order valence-electron chi connectivity index (χ0n) is 15.0. The second-order valence-electron chi connectivity index (χ2n) is 6.70. The Balaban J connectivity index is 1.57. The minimum atomic E-state index is -3.60. The highest BCUT2D eigenvalue weighted by molar-refractivity contribution is 7.88. The topological polar surface area (TPSA) is 110 Å². The number of primary sulfonamides is 1. The Kier molecular flexibility index (Phi) is 5.76. The normalized spacial score (nSPS) is 17.0. The van der Waals surface area contributed by atoms with Crippen LogP contribution in [0.3, 0.4) is 0 Å². The quantitative estimate of drug-likeness (QED) is 0.754. The molecule has 1 unspecified atom stereocenters. The molecule has 0 spiro atoms. The highest BCUT2D eigenvalue weighted by atomic mass is 32.2. The van der Waals surface area contributed by atoms with Crippen molar-refractivity contribution in [1.29, 1.82) is 0 Å². The maximum absolute atomic E-state index is 13.9. The first-order chi connectivity index (χ1) is 13.2. The van der Waals surface area contributed by atoms with E-state index in [-0.39, 0.29) is 42.8 Å². The summed E-state index contributed by atoms with van der Waals surface area (Å²) in [6.07, 6.45) is 0.0213. The number of hydrogen-bond donors (Lipinski definition) is 2. The van der Waals surface area contributed by atoms with E-state index in [1.54, 1.807) is 30.3 Å². The van der Waals surface area contributed by atoms with E-state index in [1.807, 2.05) is 0 Å². The van der Waals surface area contributed by atoms with Gasteiger partial charge in [0.1, 0.15) is 5.82 Å². The van der Waals surface area contributed by atoms with Gasteiger partial charge in [0.2, 0.25) is 21.8 Å². The van der Waals surface area contributed by atoms with Crippen LogP contribution >= 0.6 is 0 Å². The average molecular weight is 405 g/mol. The molecule has 2 aromatic carbocycles. The van der Waals surface area contributed by atoms with Crippen LogP contribution in [0, 0.1) is 11.7 Å². The SMILES string of the molecule is NS(=O)(=O)Cc1ccc(CNC(=O)C2CC(=O)N(c3ccccc3F)C2)cc1. The van der Waals surface area contributed by atoms with Crippen molar-refractivity contribution in [3.05, 3.63) is 65.5 Å². The van der Waals surface area contributed by atoms with E-state index in [4.69, 9.17) is 5.14 Å². The Morgan fingerprint density at radius 3 is 2.43 bits per heavy atom. The van der Waals surface area contributed by atoms with E-state index in [0.29, 0.717) is 5.56 Å². The van der Waals surface area contributed by atoms with Gasteiger partial charge in [-0.2, -0.15) is 0 Å². The molecule has 1 saturated heterocycles. The predicted octanol–water partition coefficient (Wildman–Crippen LogP) is 1.28. The lowest BCUT2D eigenvalue weighted by molar-refractivity contribution is -0.126. The standard InChI is InChI=1S/C19H20FN3O4S/c20-16-3-1-2-4-17(16)23-11-15(9-18(23)24)19(25)22-10-13-5-7-14(8-6-13)12-28(21,26)27/h1-8,15H,9-12H2,(H,22,25)(H2,21,26,27). The monoisotopic (exact) mass is 405 g/mol. The second-order valence-corrected chi connectivity index (χ2v) is 8.31. The molecule has 2 amide bonds. The van der Waals surface area contributed by atoms with Crippen molar-refractivity contribution in [2.24, 2.45) is 11.1 Å². The summed E-state index contributed by atoms with van der Waals surface area (Å²) in [6.45, 7) is 0.359. The third-order valence-corrected chi connectivity index (χ3v) is 5.23. The Bertz CT molecular complexity index is 992. The first-order valence-electron chi connectivity index (χ1n) is 8.64. The van der Waals surface area contributed by atoms with Gasteiger partial charge in [0.25, 0.3) is 0 Å². The molecular formula is C19H20FN3O4S. The van der Waals surface area contributed by atoms with Gasteiger partial charge >= 0.3 is 0 Å². The van der Waals surface area contributed by atoms with Gasteiger partial charge in [-0.1, -0.05) is 36.4 Å². The van der Waals surface area contributed by atoms with Crippen LogP contribution in [0.1, 0.15) is 17.5 Å². The van der Waals surface area contributed by atoms with E-state index >= 15 is 0 Å². The smallest absolute Gasteiger partial charge is 0.227 e. The van der Waals surface area contributed by atoms with E-state index in [1.165, 1.54) is 23.1 Å². The van der Waals surface area contributed by atoms with Gasteiger partial charge in [0.15, 0.2) is 0 Å². The van der Waals surface area contributed by atoms with Crippen LogP contribution in [0.4, 0.5) is 10.1 Å². The lowest BCUT2D eigenvalue weighted by atomic mass is 10.1. The summed E-state index contributed by atoms with van der Waals surface area (Å²) in [4.78, 5) is 25.9. The molecule has 0 aliphatic carbocycles. The zero-order valence-corrected chi connectivity index (χ0v) is 15.8. The van der Waals surface area contributed by atoms with Crippen LogP contribution in [0.2, 0.25) is 0 Å². The fraction of sp³-hybridized carbons (Fsp3) is 0.263. The Labute approximate surface area is 162 Å². The van der Waals surface area contributed by atoms with Crippen LogP contribution in [0.5, 0.6) is 0 Å². The first kappa shape index (κ1) is 20.0. The molecule has 7 nitrogen and oxygen atoms in total. The number of sulfonamides is 1. The molecule has 1 aliphatic rings. The molecule has 0 saturated carbocycles. The number of carbonyl (C=O) groups excluding carboxylic acids is 2. The molecule has 0 radical (unpaired) electrons. The summed E-state index contributed by atoms with van der Waals surface area (Å²) in [6, 6.07) is 12.6. The number of amides is 2. The van der Waals surface area contributed by atoms with Crippen molar-refractivity contribution < 1.29 is 22.4 Å². The number of para-hydroxylation sites is 1. The summed E-state index contributed by atoms with van der Waals surface area (Å²) in [7, 11) is -3.60. The number of nitrogens with two attached hydrogens (primary N) is 1. The van der Waals surface area contributed by atoms with Crippen molar-refractivity contribution in [2.45, 2.75) is 18.7 Å². The number of carbonyl (C=O) groups is 2. The number of benzene rings is 2. The summed E-state index contributed by atoms with van der Waals surface area (Å²) in [5.41, 5.74) is 1.51. The second kappa shape index (κ2) is 8.07.